The number of carbonyl (C=O) groups excluding carboxylic acids is 1. The summed E-state index contributed by atoms with van der Waals surface area (Å²) in [6.45, 7) is 2.75. The van der Waals surface area contributed by atoms with Crippen molar-refractivity contribution in [2.45, 2.75) is 31.6 Å². The number of amides is 1. The van der Waals surface area contributed by atoms with Crippen LogP contribution < -0.4 is 10.5 Å². The molecule has 1 fully saturated rings. The van der Waals surface area contributed by atoms with Crippen LogP contribution in [0.3, 0.4) is 0 Å². The van der Waals surface area contributed by atoms with E-state index < -0.39 is 0 Å². The van der Waals surface area contributed by atoms with Crippen molar-refractivity contribution in [1.29, 1.82) is 0 Å². The molecule has 1 aliphatic heterocycles. The second kappa shape index (κ2) is 10.9. The zero-order valence-electron chi connectivity index (χ0n) is 18.2. The quantitative estimate of drug-likeness (QED) is 0.525. The lowest BCUT2D eigenvalue weighted by Gasteiger charge is -2.27. The summed E-state index contributed by atoms with van der Waals surface area (Å²) in [6.07, 6.45) is 0.969. The maximum absolute atomic E-state index is 11.6. The number of hydrogen-bond donors (Lipinski definition) is 1. The molecule has 32 heavy (non-hydrogen) atoms. The molecule has 5 heteroatoms. The highest BCUT2D eigenvalue weighted by Gasteiger charge is 2.35. The van der Waals surface area contributed by atoms with Gasteiger partial charge in [0.15, 0.2) is 0 Å². The molecule has 0 radical (unpaired) electrons. The SMILES string of the molecule is NC(=O)CN1CCC(c2ccc(OCc3ccccc3)cc2)C1COCc1ccccc1. The van der Waals surface area contributed by atoms with Gasteiger partial charge in [-0.15, -0.1) is 0 Å². The first-order chi connectivity index (χ1) is 15.7. The van der Waals surface area contributed by atoms with Crippen LogP contribution in [0.25, 0.3) is 0 Å². The van der Waals surface area contributed by atoms with Crippen molar-refractivity contribution in [1.82, 2.24) is 4.90 Å². The molecule has 3 aromatic rings. The second-order valence-electron chi connectivity index (χ2n) is 8.24. The van der Waals surface area contributed by atoms with Crippen molar-refractivity contribution in [3.8, 4) is 5.75 Å². The molecule has 2 unspecified atom stereocenters. The summed E-state index contributed by atoms with van der Waals surface area (Å²) in [4.78, 5) is 13.7. The Morgan fingerprint density at radius 3 is 2.12 bits per heavy atom. The van der Waals surface area contributed by atoms with Crippen LogP contribution in [0.4, 0.5) is 0 Å². The Hall–Kier alpha value is -3.15. The summed E-state index contributed by atoms with van der Waals surface area (Å²) in [6, 6.07) is 28.7. The van der Waals surface area contributed by atoms with E-state index in [2.05, 4.69) is 41.3 Å². The van der Waals surface area contributed by atoms with E-state index in [9.17, 15) is 4.79 Å². The first-order valence-electron chi connectivity index (χ1n) is 11.1. The molecule has 0 aromatic heterocycles. The predicted octanol–water partition coefficient (Wildman–Crippen LogP) is 4.13. The lowest BCUT2D eigenvalue weighted by Crippen LogP contribution is -2.41. The molecule has 1 heterocycles. The molecule has 1 aliphatic rings. The maximum Gasteiger partial charge on any atom is 0.231 e. The highest BCUT2D eigenvalue weighted by Crippen LogP contribution is 2.34. The molecule has 0 bridgehead atoms. The van der Waals surface area contributed by atoms with Gasteiger partial charge in [-0.2, -0.15) is 0 Å². The predicted molar refractivity (Wildman–Crippen MR) is 125 cm³/mol. The minimum absolute atomic E-state index is 0.113. The highest BCUT2D eigenvalue weighted by molar-refractivity contribution is 5.76. The lowest BCUT2D eigenvalue weighted by molar-refractivity contribution is -0.119. The van der Waals surface area contributed by atoms with E-state index >= 15 is 0 Å². The van der Waals surface area contributed by atoms with Gasteiger partial charge in [-0.05, 0) is 41.8 Å². The van der Waals surface area contributed by atoms with Gasteiger partial charge in [0, 0.05) is 12.0 Å². The number of nitrogens with two attached hydrogens (primary N) is 1. The van der Waals surface area contributed by atoms with Gasteiger partial charge in [-0.3, -0.25) is 9.69 Å². The van der Waals surface area contributed by atoms with Gasteiger partial charge in [0.05, 0.1) is 19.8 Å². The third kappa shape index (κ3) is 5.96. The zero-order valence-corrected chi connectivity index (χ0v) is 18.2. The minimum atomic E-state index is -0.302. The van der Waals surface area contributed by atoms with Crippen LogP contribution in [0.15, 0.2) is 84.9 Å². The molecule has 5 nitrogen and oxygen atoms in total. The molecule has 0 aliphatic carbocycles. The van der Waals surface area contributed by atoms with Crippen LogP contribution in [-0.4, -0.2) is 36.5 Å². The summed E-state index contributed by atoms with van der Waals surface area (Å²) in [5.74, 6) is 0.832. The van der Waals surface area contributed by atoms with Crippen LogP contribution in [0.2, 0.25) is 0 Å². The zero-order chi connectivity index (χ0) is 22.2. The summed E-state index contributed by atoms with van der Waals surface area (Å²) < 4.78 is 12.0. The van der Waals surface area contributed by atoms with Crippen molar-refractivity contribution in [2.75, 3.05) is 19.7 Å². The maximum atomic E-state index is 11.6. The number of carbonyl (C=O) groups is 1. The molecule has 3 aromatic carbocycles. The first-order valence-corrected chi connectivity index (χ1v) is 11.1. The fourth-order valence-corrected chi connectivity index (χ4v) is 4.35. The molecule has 0 saturated carbocycles. The standard InChI is InChI=1S/C27H30N2O3/c28-27(30)17-29-16-15-25(26(29)20-31-18-21-7-3-1-4-8-21)23-11-13-24(14-12-23)32-19-22-9-5-2-6-10-22/h1-14,25-26H,15-20H2,(H2,28,30). The summed E-state index contributed by atoms with van der Waals surface area (Å²) >= 11 is 0. The molecule has 166 valence electrons. The molecular formula is C27H30N2O3. The third-order valence-electron chi connectivity index (χ3n) is 5.98. The normalized spacial score (nSPS) is 18.5. The Morgan fingerprint density at radius 1 is 0.875 bits per heavy atom. The molecule has 0 spiro atoms. The smallest absolute Gasteiger partial charge is 0.231 e. The van der Waals surface area contributed by atoms with Crippen molar-refractivity contribution < 1.29 is 14.3 Å². The number of hydrogen-bond acceptors (Lipinski definition) is 4. The van der Waals surface area contributed by atoms with Crippen molar-refractivity contribution >= 4 is 5.91 Å². The van der Waals surface area contributed by atoms with E-state index in [-0.39, 0.29) is 24.4 Å². The molecular weight excluding hydrogens is 400 g/mol. The first kappa shape index (κ1) is 22.1. The van der Waals surface area contributed by atoms with E-state index in [1.54, 1.807) is 0 Å². The number of nitrogens with zero attached hydrogens (tertiary/aromatic N) is 1. The Morgan fingerprint density at radius 2 is 1.50 bits per heavy atom. The van der Waals surface area contributed by atoms with Crippen LogP contribution in [0.1, 0.15) is 29.0 Å². The third-order valence-corrected chi connectivity index (χ3v) is 5.98. The van der Waals surface area contributed by atoms with Gasteiger partial charge in [0.25, 0.3) is 0 Å². The average molecular weight is 431 g/mol. The number of benzene rings is 3. The van der Waals surface area contributed by atoms with Gasteiger partial charge in [-0.25, -0.2) is 0 Å². The van der Waals surface area contributed by atoms with Gasteiger partial charge in [-0.1, -0.05) is 72.8 Å². The summed E-state index contributed by atoms with van der Waals surface area (Å²) in [5, 5.41) is 0. The Bertz CT molecular complexity index is 977. The van der Waals surface area contributed by atoms with Gasteiger partial charge < -0.3 is 15.2 Å². The molecule has 2 N–H and O–H groups in total. The lowest BCUT2D eigenvalue weighted by atomic mass is 9.92. The topological polar surface area (TPSA) is 64.8 Å². The molecule has 1 saturated heterocycles. The Labute approximate surface area is 189 Å². The second-order valence-corrected chi connectivity index (χ2v) is 8.24. The molecule has 2 atom stereocenters. The monoisotopic (exact) mass is 430 g/mol. The van der Waals surface area contributed by atoms with Crippen molar-refractivity contribution in [3.63, 3.8) is 0 Å². The van der Waals surface area contributed by atoms with E-state index in [1.807, 2.05) is 48.5 Å². The van der Waals surface area contributed by atoms with Crippen LogP contribution in [0.5, 0.6) is 5.75 Å². The van der Waals surface area contributed by atoms with E-state index in [4.69, 9.17) is 15.2 Å². The van der Waals surface area contributed by atoms with E-state index in [0.717, 1.165) is 29.8 Å². The minimum Gasteiger partial charge on any atom is -0.489 e. The number of likely N-dealkylation sites (tertiary alicyclic amines) is 1. The largest absolute Gasteiger partial charge is 0.489 e. The van der Waals surface area contributed by atoms with Crippen LogP contribution >= 0.6 is 0 Å². The van der Waals surface area contributed by atoms with Gasteiger partial charge >= 0.3 is 0 Å². The molecule has 1 amide bonds. The fraction of sp³-hybridized carbons (Fsp3) is 0.296. The van der Waals surface area contributed by atoms with Crippen LogP contribution in [-0.2, 0) is 22.7 Å². The van der Waals surface area contributed by atoms with E-state index in [0.29, 0.717) is 19.8 Å². The number of primary amides is 1. The van der Waals surface area contributed by atoms with Crippen molar-refractivity contribution in [3.05, 3.63) is 102 Å². The van der Waals surface area contributed by atoms with Crippen molar-refractivity contribution in [2.24, 2.45) is 5.73 Å². The molecule has 4 rings (SSSR count). The number of ether oxygens (including phenoxy) is 2. The summed E-state index contributed by atoms with van der Waals surface area (Å²) in [7, 11) is 0. The average Bonchev–Trinajstić information content (AvgIpc) is 3.21. The highest BCUT2D eigenvalue weighted by atomic mass is 16.5. The Balaban J connectivity index is 1.39. The van der Waals surface area contributed by atoms with Gasteiger partial charge in [0.2, 0.25) is 5.91 Å². The number of rotatable bonds is 10. The summed E-state index contributed by atoms with van der Waals surface area (Å²) in [5.41, 5.74) is 9.02. The Kier molecular flexibility index (Phi) is 7.54. The van der Waals surface area contributed by atoms with E-state index in [1.165, 1.54) is 5.56 Å². The fourth-order valence-electron chi connectivity index (χ4n) is 4.35. The van der Waals surface area contributed by atoms with Crippen LogP contribution in [0, 0.1) is 0 Å². The van der Waals surface area contributed by atoms with Gasteiger partial charge in [0.1, 0.15) is 12.4 Å².